The van der Waals surface area contributed by atoms with Gasteiger partial charge in [0.25, 0.3) is 5.91 Å². The predicted octanol–water partition coefficient (Wildman–Crippen LogP) is 2.21. The maximum atomic E-state index is 13.0. The van der Waals surface area contributed by atoms with E-state index in [1.54, 1.807) is 17.2 Å². The first-order valence-electron chi connectivity index (χ1n) is 8.53. The highest BCUT2D eigenvalue weighted by molar-refractivity contribution is 5.95. The van der Waals surface area contributed by atoms with Gasteiger partial charge in [0, 0.05) is 18.2 Å². The van der Waals surface area contributed by atoms with Crippen molar-refractivity contribution in [1.82, 2.24) is 14.9 Å². The van der Waals surface area contributed by atoms with E-state index in [0.29, 0.717) is 24.0 Å². The van der Waals surface area contributed by atoms with Gasteiger partial charge in [-0.05, 0) is 44.1 Å². The van der Waals surface area contributed by atoms with Gasteiger partial charge in [-0.2, -0.15) is 0 Å². The molecule has 0 spiro atoms. The largest absolute Gasteiger partial charge is 0.480 e. The zero-order chi connectivity index (χ0) is 16.0. The number of carboxylic acid groups (broad SMARTS) is 1. The Balaban J connectivity index is 1.64. The van der Waals surface area contributed by atoms with E-state index >= 15 is 0 Å². The molecule has 2 saturated carbocycles. The molecule has 1 saturated heterocycles. The number of carbonyl (C=O) groups is 2. The molecule has 2 aliphatic carbocycles. The summed E-state index contributed by atoms with van der Waals surface area (Å²) >= 11 is 0. The Bertz CT molecular complexity index is 644. The Kier molecular flexibility index (Phi) is 3.54. The first-order valence-corrected chi connectivity index (χ1v) is 8.53. The smallest absolute Gasteiger partial charge is 0.326 e. The van der Waals surface area contributed by atoms with Crippen LogP contribution in [-0.2, 0) is 4.79 Å². The first kappa shape index (κ1) is 14.6. The summed E-state index contributed by atoms with van der Waals surface area (Å²) in [4.78, 5) is 34.9. The molecular formula is C17H21N3O3. The summed E-state index contributed by atoms with van der Waals surface area (Å²) in [6, 6.07) is 0.954. The van der Waals surface area contributed by atoms with Crippen molar-refractivity contribution in [3.63, 3.8) is 0 Å². The number of aliphatic carboxylic acids is 1. The molecule has 1 aliphatic heterocycles. The fourth-order valence-corrected chi connectivity index (χ4v) is 4.14. The lowest BCUT2D eigenvalue weighted by Crippen LogP contribution is -2.46. The van der Waals surface area contributed by atoms with E-state index in [4.69, 9.17) is 0 Å². The summed E-state index contributed by atoms with van der Waals surface area (Å²) in [7, 11) is 0. The highest BCUT2D eigenvalue weighted by Gasteiger charge is 2.48. The van der Waals surface area contributed by atoms with Crippen LogP contribution in [0.1, 0.15) is 67.2 Å². The van der Waals surface area contributed by atoms with Crippen molar-refractivity contribution >= 4 is 11.9 Å². The number of hydrogen-bond donors (Lipinski definition) is 1. The number of carbonyl (C=O) groups excluding carboxylic acids is 1. The van der Waals surface area contributed by atoms with Crippen molar-refractivity contribution in [3.05, 3.63) is 23.8 Å². The molecule has 0 radical (unpaired) electrons. The van der Waals surface area contributed by atoms with Crippen molar-refractivity contribution in [1.29, 1.82) is 0 Å². The Morgan fingerprint density at radius 3 is 2.70 bits per heavy atom. The standard InChI is InChI=1S/C17H21N3O3/c21-16(12-7-8-18-15(19-12)10-5-6-10)20-13-4-2-1-3-11(13)9-14(20)17(22)23/h7-8,10-11,13-14H,1-6,9H2,(H,22,23)/t11-,13+,14+/m1/s1. The van der Waals surface area contributed by atoms with Crippen LogP contribution in [0.4, 0.5) is 0 Å². The summed E-state index contributed by atoms with van der Waals surface area (Å²) in [5.41, 5.74) is 0.347. The fraction of sp³-hybridized carbons (Fsp3) is 0.647. The van der Waals surface area contributed by atoms with E-state index in [2.05, 4.69) is 9.97 Å². The van der Waals surface area contributed by atoms with Gasteiger partial charge in [0.1, 0.15) is 17.6 Å². The Hall–Kier alpha value is -1.98. The van der Waals surface area contributed by atoms with E-state index < -0.39 is 12.0 Å². The minimum atomic E-state index is -0.899. The molecule has 3 fully saturated rings. The molecule has 122 valence electrons. The van der Waals surface area contributed by atoms with Crippen LogP contribution < -0.4 is 0 Å². The molecule has 6 nitrogen and oxygen atoms in total. The Morgan fingerprint density at radius 2 is 1.96 bits per heavy atom. The van der Waals surface area contributed by atoms with Crippen molar-refractivity contribution in [3.8, 4) is 0 Å². The molecule has 1 aromatic heterocycles. The maximum Gasteiger partial charge on any atom is 0.326 e. The second kappa shape index (κ2) is 5.58. The van der Waals surface area contributed by atoms with Crippen LogP contribution >= 0.6 is 0 Å². The highest BCUT2D eigenvalue weighted by Crippen LogP contribution is 2.41. The molecule has 1 aromatic rings. The van der Waals surface area contributed by atoms with Crippen LogP contribution in [0.2, 0.25) is 0 Å². The van der Waals surface area contributed by atoms with Crippen molar-refractivity contribution < 1.29 is 14.7 Å². The maximum absolute atomic E-state index is 13.0. The molecule has 23 heavy (non-hydrogen) atoms. The monoisotopic (exact) mass is 315 g/mol. The van der Waals surface area contributed by atoms with E-state index in [0.717, 1.165) is 44.3 Å². The predicted molar refractivity (Wildman–Crippen MR) is 82.0 cm³/mol. The number of nitrogens with zero attached hydrogens (tertiary/aromatic N) is 3. The molecule has 2 heterocycles. The van der Waals surface area contributed by atoms with Gasteiger partial charge in [0.15, 0.2) is 0 Å². The molecule has 3 aliphatic rings. The van der Waals surface area contributed by atoms with Gasteiger partial charge < -0.3 is 10.0 Å². The van der Waals surface area contributed by atoms with E-state index in [9.17, 15) is 14.7 Å². The average molecular weight is 315 g/mol. The topological polar surface area (TPSA) is 83.4 Å². The SMILES string of the molecule is O=C(O)[C@@H]1C[C@H]2CCCC[C@@H]2N1C(=O)c1ccnc(C2CC2)n1. The zero-order valence-electron chi connectivity index (χ0n) is 13.0. The number of rotatable bonds is 3. The molecule has 1 N–H and O–H groups in total. The lowest BCUT2D eigenvalue weighted by Gasteiger charge is -2.32. The van der Waals surface area contributed by atoms with E-state index in [1.807, 2.05) is 0 Å². The number of likely N-dealkylation sites (tertiary alicyclic amines) is 1. The molecule has 0 aromatic carbocycles. The van der Waals surface area contributed by atoms with Crippen molar-refractivity contribution in [2.24, 2.45) is 5.92 Å². The van der Waals surface area contributed by atoms with Gasteiger partial charge in [-0.15, -0.1) is 0 Å². The molecule has 6 heteroatoms. The summed E-state index contributed by atoms with van der Waals surface area (Å²) in [5, 5.41) is 9.55. The Morgan fingerprint density at radius 1 is 1.17 bits per heavy atom. The summed E-state index contributed by atoms with van der Waals surface area (Å²) < 4.78 is 0. The lowest BCUT2D eigenvalue weighted by atomic mass is 9.84. The summed E-state index contributed by atoms with van der Waals surface area (Å²) in [6.07, 6.45) is 8.47. The first-order chi connectivity index (χ1) is 11.1. The fourth-order valence-electron chi connectivity index (χ4n) is 4.14. The van der Waals surface area contributed by atoms with Gasteiger partial charge in [0.05, 0.1) is 0 Å². The normalized spacial score (nSPS) is 30.1. The number of hydrogen-bond acceptors (Lipinski definition) is 4. The third kappa shape index (κ3) is 2.60. The third-order valence-corrected chi connectivity index (χ3v) is 5.44. The second-order valence-corrected chi connectivity index (χ2v) is 6.99. The van der Waals surface area contributed by atoms with Gasteiger partial charge in [0.2, 0.25) is 0 Å². The number of carboxylic acids is 1. The minimum Gasteiger partial charge on any atom is -0.480 e. The average Bonchev–Trinajstić information content (AvgIpc) is 3.34. The molecular weight excluding hydrogens is 294 g/mol. The molecule has 3 atom stereocenters. The molecule has 1 amide bonds. The zero-order valence-corrected chi connectivity index (χ0v) is 13.0. The van der Waals surface area contributed by atoms with Gasteiger partial charge in [-0.1, -0.05) is 12.8 Å². The van der Waals surface area contributed by atoms with Crippen LogP contribution in [-0.4, -0.2) is 43.9 Å². The van der Waals surface area contributed by atoms with Gasteiger partial charge in [-0.25, -0.2) is 14.8 Å². The van der Waals surface area contributed by atoms with Gasteiger partial charge >= 0.3 is 5.97 Å². The number of aromatic nitrogens is 2. The minimum absolute atomic E-state index is 0.0525. The summed E-state index contributed by atoms with van der Waals surface area (Å²) in [6.45, 7) is 0. The lowest BCUT2D eigenvalue weighted by molar-refractivity contribution is -0.141. The number of fused-ring (bicyclic) bond motifs is 1. The van der Waals surface area contributed by atoms with Crippen LogP contribution in [0.15, 0.2) is 12.3 Å². The van der Waals surface area contributed by atoms with Crippen LogP contribution in [0, 0.1) is 5.92 Å². The second-order valence-electron chi connectivity index (χ2n) is 6.99. The summed E-state index contributed by atoms with van der Waals surface area (Å²) in [5.74, 6) is 0.278. The highest BCUT2D eigenvalue weighted by atomic mass is 16.4. The van der Waals surface area contributed by atoms with E-state index in [-0.39, 0.29) is 11.9 Å². The molecule has 4 rings (SSSR count). The van der Waals surface area contributed by atoms with Crippen LogP contribution in [0.5, 0.6) is 0 Å². The van der Waals surface area contributed by atoms with Crippen molar-refractivity contribution in [2.45, 2.75) is 62.9 Å². The quantitative estimate of drug-likeness (QED) is 0.924. The third-order valence-electron chi connectivity index (χ3n) is 5.44. The molecule has 0 unspecified atom stereocenters. The Labute approximate surface area is 134 Å². The van der Waals surface area contributed by atoms with Crippen LogP contribution in [0.3, 0.4) is 0 Å². The van der Waals surface area contributed by atoms with Gasteiger partial charge in [-0.3, -0.25) is 4.79 Å². The van der Waals surface area contributed by atoms with Crippen molar-refractivity contribution in [2.75, 3.05) is 0 Å². The van der Waals surface area contributed by atoms with E-state index in [1.165, 1.54) is 0 Å². The van der Waals surface area contributed by atoms with Crippen LogP contribution in [0.25, 0.3) is 0 Å². The molecule has 0 bridgehead atoms. The number of amides is 1.